The number of halogens is 2. The molecule has 1 aliphatic rings. The number of hydrogen-bond acceptors (Lipinski definition) is 3. The van der Waals surface area contributed by atoms with Crippen LogP contribution in [0.3, 0.4) is 0 Å². The van der Waals surface area contributed by atoms with Crippen LogP contribution in [-0.4, -0.2) is 30.5 Å². The first-order valence-corrected chi connectivity index (χ1v) is 6.97. The molecule has 112 valence electrons. The molecule has 2 rings (SSSR count). The monoisotopic (exact) mass is 285 g/mol. The number of ether oxygens (including phenoxy) is 1. The van der Waals surface area contributed by atoms with Crippen LogP contribution in [0.5, 0.6) is 0 Å². The fraction of sp³-hybridized carbons (Fsp3) is 0.600. The SMILES string of the molecule is C[C@@H](NC1(CCO)CCOCC1)c1cc(F)ccc1F. The van der Waals surface area contributed by atoms with E-state index in [-0.39, 0.29) is 18.2 Å². The van der Waals surface area contributed by atoms with Crippen molar-refractivity contribution in [2.45, 2.75) is 37.8 Å². The van der Waals surface area contributed by atoms with Gasteiger partial charge in [-0.05, 0) is 44.4 Å². The molecule has 1 aromatic carbocycles. The minimum absolute atomic E-state index is 0.0609. The molecule has 1 saturated heterocycles. The van der Waals surface area contributed by atoms with Gasteiger partial charge in [-0.2, -0.15) is 0 Å². The summed E-state index contributed by atoms with van der Waals surface area (Å²) in [5.74, 6) is -0.865. The number of rotatable bonds is 5. The van der Waals surface area contributed by atoms with Crippen LogP contribution in [0.4, 0.5) is 8.78 Å². The van der Waals surface area contributed by atoms with Crippen LogP contribution in [0, 0.1) is 11.6 Å². The van der Waals surface area contributed by atoms with Crippen molar-refractivity contribution in [3.63, 3.8) is 0 Å². The molecule has 20 heavy (non-hydrogen) atoms. The summed E-state index contributed by atoms with van der Waals surface area (Å²) in [5.41, 5.74) is 0.0411. The van der Waals surface area contributed by atoms with E-state index in [0.717, 1.165) is 25.0 Å². The van der Waals surface area contributed by atoms with Gasteiger partial charge < -0.3 is 15.2 Å². The third-order valence-electron chi connectivity index (χ3n) is 3.99. The second-order valence-electron chi connectivity index (χ2n) is 5.40. The largest absolute Gasteiger partial charge is 0.396 e. The van der Waals surface area contributed by atoms with Gasteiger partial charge in [0.2, 0.25) is 0 Å². The minimum atomic E-state index is -0.446. The molecule has 3 nitrogen and oxygen atoms in total. The van der Waals surface area contributed by atoms with Crippen molar-refractivity contribution >= 4 is 0 Å². The van der Waals surface area contributed by atoms with Gasteiger partial charge in [-0.3, -0.25) is 0 Å². The van der Waals surface area contributed by atoms with Crippen LogP contribution in [-0.2, 0) is 4.74 Å². The fourth-order valence-electron chi connectivity index (χ4n) is 2.83. The third kappa shape index (κ3) is 3.53. The Morgan fingerprint density at radius 2 is 2.05 bits per heavy atom. The Balaban J connectivity index is 2.15. The van der Waals surface area contributed by atoms with Crippen molar-refractivity contribution < 1.29 is 18.6 Å². The lowest BCUT2D eigenvalue weighted by atomic mass is 9.85. The molecule has 0 radical (unpaired) electrons. The molecule has 1 fully saturated rings. The van der Waals surface area contributed by atoms with Gasteiger partial charge in [0.15, 0.2) is 0 Å². The van der Waals surface area contributed by atoms with E-state index >= 15 is 0 Å². The molecular weight excluding hydrogens is 264 g/mol. The Hall–Kier alpha value is -1.04. The molecular formula is C15H21F2NO2. The standard InChI is InChI=1S/C15H21F2NO2/c1-11(13-10-12(16)2-3-14(13)17)18-15(4-7-19)5-8-20-9-6-15/h2-3,10-11,18-19H,4-9H2,1H3/t11-/m1/s1. The summed E-state index contributed by atoms with van der Waals surface area (Å²) in [7, 11) is 0. The van der Waals surface area contributed by atoms with Gasteiger partial charge in [0, 0.05) is 37.0 Å². The zero-order valence-electron chi connectivity index (χ0n) is 11.7. The number of aliphatic hydroxyl groups is 1. The molecule has 1 aliphatic heterocycles. The first-order valence-electron chi connectivity index (χ1n) is 6.97. The molecule has 0 aromatic heterocycles. The normalized spacial score (nSPS) is 19.8. The van der Waals surface area contributed by atoms with Crippen LogP contribution < -0.4 is 5.32 Å². The summed E-state index contributed by atoms with van der Waals surface area (Å²) >= 11 is 0. The highest BCUT2D eigenvalue weighted by molar-refractivity contribution is 5.22. The van der Waals surface area contributed by atoms with E-state index in [1.165, 1.54) is 6.07 Å². The molecule has 0 amide bonds. The lowest BCUT2D eigenvalue weighted by Gasteiger charge is -2.40. The fourth-order valence-corrected chi connectivity index (χ4v) is 2.83. The van der Waals surface area contributed by atoms with Gasteiger partial charge in [0.25, 0.3) is 0 Å². The van der Waals surface area contributed by atoms with Gasteiger partial charge in [0.1, 0.15) is 11.6 Å². The highest BCUT2D eigenvalue weighted by Crippen LogP contribution is 2.29. The summed E-state index contributed by atoms with van der Waals surface area (Å²) < 4.78 is 32.4. The van der Waals surface area contributed by atoms with Crippen molar-refractivity contribution in [1.82, 2.24) is 5.32 Å². The van der Waals surface area contributed by atoms with E-state index in [9.17, 15) is 13.9 Å². The molecule has 0 spiro atoms. The van der Waals surface area contributed by atoms with E-state index in [0.29, 0.717) is 25.2 Å². The van der Waals surface area contributed by atoms with Gasteiger partial charge in [-0.1, -0.05) is 0 Å². The van der Waals surface area contributed by atoms with Crippen molar-refractivity contribution in [2.24, 2.45) is 0 Å². The quantitative estimate of drug-likeness (QED) is 0.873. The third-order valence-corrected chi connectivity index (χ3v) is 3.99. The highest BCUT2D eigenvalue weighted by Gasteiger charge is 2.33. The Morgan fingerprint density at radius 3 is 2.70 bits per heavy atom. The molecule has 0 bridgehead atoms. The van der Waals surface area contributed by atoms with Crippen LogP contribution >= 0.6 is 0 Å². The van der Waals surface area contributed by atoms with Gasteiger partial charge in [-0.25, -0.2) is 8.78 Å². The Bertz CT molecular complexity index is 442. The molecule has 0 saturated carbocycles. The average molecular weight is 285 g/mol. The van der Waals surface area contributed by atoms with Gasteiger partial charge in [-0.15, -0.1) is 0 Å². The van der Waals surface area contributed by atoms with E-state index in [1.54, 1.807) is 0 Å². The first-order chi connectivity index (χ1) is 9.56. The smallest absolute Gasteiger partial charge is 0.128 e. The maximum atomic E-state index is 13.8. The maximum Gasteiger partial charge on any atom is 0.128 e. The number of benzene rings is 1. The molecule has 1 atom stereocenters. The molecule has 0 aliphatic carbocycles. The summed E-state index contributed by atoms with van der Waals surface area (Å²) in [6, 6.07) is 3.16. The van der Waals surface area contributed by atoms with E-state index in [1.807, 2.05) is 6.92 Å². The van der Waals surface area contributed by atoms with Crippen LogP contribution in [0.25, 0.3) is 0 Å². The van der Waals surface area contributed by atoms with Crippen LogP contribution in [0.2, 0.25) is 0 Å². The number of hydrogen-bond donors (Lipinski definition) is 2. The topological polar surface area (TPSA) is 41.5 Å². The zero-order valence-corrected chi connectivity index (χ0v) is 11.7. The summed E-state index contributed by atoms with van der Waals surface area (Å²) in [6.07, 6.45) is 2.10. The predicted octanol–water partition coefficient (Wildman–Crippen LogP) is 2.55. The van der Waals surface area contributed by atoms with Crippen molar-refractivity contribution in [2.75, 3.05) is 19.8 Å². The second kappa shape index (κ2) is 6.61. The predicted molar refractivity (Wildman–Crippen MR) is 72.4 cm³/mol. The molecule has 0 unspecified atom stereocenters. The first kappa shape index (κ1) is 15.4. The van der Waals surface area contributed by atoms with Gasteiger partial charge >= 0.3 is 0 Å². The minimum Gasteiger partial charge on any atom is -0.396 e. The molecule has 1 heterocycles. The average Bonchev–Trinajstić information content (AvgIpc) is 2.42. The highest BCUT2D eigenvalue weighted by atomic mass is 19.1. The van der Waals surface area contributed by atoms with Gasteiger partial charge in [0.05, 0.1) is 0 Å². The Morgan fingerprint density at radius 1 is 1.35 bits per heavy atom. The van der Waals surface area contributed by atoms with Crippen LogP contribution in [0.1, 0.15) is 37.8 Å². The lowest BCUT2D eigenvalue weighted by Crippen LogP contribution is -2.51. The summed E-state index contributed by atoms with van der Waals surface area (Å²) in [5, 5.41) is 12.6. The Kier molecular flexibility index (Phi) is 5.07. The number of aliphatic hydroxyl groups excluding tert-OH is 1. The van der Waals surface area contributed by atoms with Crippen molar-refractivity contribution in [1.29, 1.82) is 0 Å². The molecule has 5 heteroatoms. The number of nitrogens with one attached hydrogen (secondary N) is 1. The molecule has 2 N–H and O–H groups in total. The second-order valence-corrected chi connectivity index (χ2v) is 5.40. The zero-order chi connectivity index (χ0) is 14.6. The van der Waals surface area contributed by atoms with E-state index in [2.05, 4.69) is 5.32 Å². The van der Waals surface area contributed by atoms with Crippen molar-refractivity contribution in [3.8, 4) is 0 Å². The van der Waals surface area contributed by atoms with Crippen LogP contribution in [0.15, 0.2) is 18.2 Å². The van der Waals surface area contributed by atoms with Crippen molar-refractivity contribution in [3.05, 3.63) is 35.4 Å². The maximum absolute atomic E-state index is 13.8. The summed E-state index contributed by atoms with van der Waals surface area (Å²) in [6.45, 7) is 3.11. The summed E-state index contributed by atoms with van der Waals surface area (Å²) in [4.78, 5) is 0. The van der Waals surface area contributed by atoms with E-state index in [4.69, 9.17) is 4.74 Å². The van der Waals surface area contributed by atoms with E-state index < -0.39 is 11.6 Å². The lowest BCUT2D eigenvalue weighted by molar-refractivity contribution is 0.0229. The Labute approximate surface area is 117 Å². The molecule has 1 aromatic rings.